The van der Waals surface area contributed by atoms with Crippen LogP contribution in [0.25, 0.3) is 0 Å². The van der Waals surface area contributed by atoms with Gasteiger partial charge in [0.2, 0.25) is 9.05 Å². The van der Waals surface area contributed by atoms with Crippen LogP contribution in [0.2, 0.25) is 0 Å². The summed E-state index contributed by atoms with van der Waals surface area (Å²) in [7, 11) is 6.12. The average Bonchev–Trinajstić information content (AvgIpc) is 1.12. The van der Waals surface area contributed by atoms with E-state index in [0.717, 1.165) is 6.26 Å². The normalized spacial score (nSPS) is 11.6. The topological polar surface area (TPSA) is 68.3 Å². The summed E-state index contributed by atoms with van der Waals surface area (Å²) in [5.41, 5.74) is 0. The summed E-state index contributed by atoms with van der Waals surface area (Å²) in [6.45, 7) is 0. The first-order valence-corrected chi connectivity index (χ1v) is 7.39. The molecular weight excluding hydrogens is 246 g/mol. The molecule has 0 unspecified atom stereocenters. The van der Waals surface area contributed by atoms with E-state index in [4.69, 9.17) is 8.42 Å². The van der Waals surface area contributed by atoms with Gasteiger partial charge in [0.05, 0.1) is 6.26 Å². The maximum Gasteiger partial charge on any atom is 0.317 e. The summed E-state index contributed by atoms with van der Waals surface area (Å²) >= 11 is 0. The molecule has 0 saturated carbocycles. The first-order valence-electron chi connectivity index (χ1n) is 1.54. The monoisotopic (exact) mass is 248 g/mol. The Bertz CT molecular complexity index is 215. The second-order valence-corrected chi connectivity index (χ2v) is 7.77. The molecule has 64 valence electrons. The fourth-order valence-electron chi connectivity index (χ4n) is 0. The molecule has 0 amide bonds. The van der Waals surface area contributed by atoms with Crippen molar-refractivity contribution in [2.24, 2.45) is 0 Å². The Morgan fingerprint density at radius 3 is 0.900 bits per heavy atom. The van der Waals surface area contributed by atoms with Crippen molar-refractivity contribution in [3.05, 3.63) is 0 Å². The van der Waals surface area contributed by atoms with Gasteiger partial charge in [-0.1, -0.05) is 0 Å². The van der Waals surface area contributed by atoms with Gasteiger partial charge in [-0.3, -0.25) is 0 Å². The third kappa shape index (κ3) is 893. The van der Waals surface area contributed by atoms with Crippen LogP contribution >= 0.6 is 32.0 Å². The van der Waals surface area contributed by atoms with E-state index in [-0.39, 0.29) is 0 Å². The molecule has 0 aliphatic rings. The molecule has 0 fully saturated rings. The lowest BCUT2D eigenvalue weighted by molar-refractivity contribution is 0.614. The lowest BCUT2D eigenvalue weighted by Crippen LogP contribution is -1.76. The highest BCUT2D eigenvalue weighted by atomic mass is 36.0. The van der Waals surface area contributed by atoms with Crippen molar-refractivity contribution in [3.8, 4) is 0 Å². The maximum atomic E-state index is 9.40. The molecule has 0 aromatic heterocycles. The van der Waals surface area contributed by atoms with E-state index in [1.807, 2.05) is 0 Å². The van der Waals surface area contributed by atoms with Gasteiger partial charge in [-0.15, -0.1) is 0 Å². The van der Waals surface area contributed by atoms with Crippen LogP contribution in [0.15, 0.2) is 0 Å². The van der Waals surface area contributed by atoms with Gasteiger partial charge in [-0.25, -0.2) is 8.42 Å². The molecule has 0 spiro atoms. The van der Waals surface area contributed by atoms with Gasteiger partial charge >= 0.3 is 8.26 Å². The molecule has 0 atom stereocenters. The van der Waals surface area contributed by atoms with Crippen LogP contribution in [-0.2, 0) is 17.3 Å². The maximum absolute atomic E-state index is 9.40. The summed E-state index contributed by atoms with van der Waals surface area (Å²) < 4.78 is 37.1. The van der Waals surface area contributed by atoms with Crippen LogP contribution in [0.1, 0.15) is 0 Å². The van der Waals surface area contributed by atoms with Crippen LogP contribution < -0.4 is 0 Å². The van der Waals surface area contributed by atoms with Crippen molar-refractivity contribution in [3.63, 3.8) is 0 Å². The Balaban J connectivity index is 0. The summed E-state index contributed by atoms with van der Waals surface area (Å²) in [5, 5.41) is 0. The molecule has 0 bridgehead atoms. The number of halogens is 3. The molecule has 9 heteroatoms. The lowest BCUT2D eigenvalue weighted by atomic mass is 12.0. The van der Waals surface area contributed by atoms with E-state index in [2.05, 4.69) is 32.0 Å². The van der Waals surface area contributed by atoms with Crippen molar-refractivity contribution in [2.75, 3.05) is 6.26 Å². The molecule has 0 radical (unpaired) electrons. The number of rotatable bonds is 0. The highest BCUT2D eigenvalue weighted by Gasteiger charge is 1.88. The Morgan fingerprint density at radius 2 is 0.900 bits per heavy atom. The van der Waals surface area contributed by atoms with Gasteiger partial charge in [0.15, 0.2) is 0 Å². The zero-order valence-electron chi connectivity index (χ0n) is 4.58. The van der Waals surface area contributed by atoms with Crippen molar-refractivity contribution < 1.29 is 16.8 Å². The van der Waals surface area contributed by atoms with Crippen LogP contribution in [0.4, 0.5) is 0 Å². The Kier molecular flexibility index (Phi) is 6.16. The Labute approximate surface area is 72.4 Å². The predicted molar refractivity (Wildman–Crippen MR) is 41.3 cm³/mol. The molecule has 0 rings (SSSR count). The van der Waals surface area contributed by atoms with Gasteiger partial charge in [0.25, 0.3) is 0 Å². The van der Waals surface area contributed by atoms with Gasteiger partial charge in [-0.2, -0.15) is 8.42 Å². The second-order valence-electron chi connectivity index (χ2n) is 1.06. The summed E-state index contributed by atoms with van der Waals surface area (Å²) in [4.78, 5) is 0. The lowest BCUT2D eigenvalue weighted by Gasteiger charge is -1.65. The van der Waals surface area contributed by atoms with E-state index in [9.17, 15) is 8.42 Å². The van der Waals surface area contributed by atoms with Gasteiger partial charge in [0.1, 0.15) is 0 Å². The first-order chi connectivity index (χ1) is 4.00. The van der Waals surface area contributed by atoms with E-state index < -0.39 is 17.3 Å². The van der Waals surface area contributed by atoms with Crippen molar-refractivity contribution in [2.45, 2.75) is 0 Å². The molecule has 0 aromatic carbocycles. The van der Waals surface area contributed by atoms with E-state index in [1.165, 1.54) is 0 Å². The average molecular weight is 250 g/mol. The second kappa shape index (κ2) is 4.61. The van der Waals surface area contributed by atoms with Crippen molar-refractivity contribution in [1.29, 1.82) is 0 Å². The molecule has 0 N–H and O–H groups in total. The van der Waals surface area contributed by atoms with Crippen LogP contribution in [-0.4, -0.2) is 23.1 Å². The summed E-state index contributed by atoms with van der Waals surface area (Å²) in [6.07, 6.45) is 0.925. The van der Waals surface area contributed by atoms with Crippen molar-refractivity contribution >= 4 is 49.4 Å². The third-order valence-corrected chi connectivity index (χ3v) is 0. The zero-order valence-corrected chi connectivity index (χ0v) is 8.48. The Hall–Kier alpha value is 0.770. The van der Waals surface area contributed by atoms with Gasteiger partial charge in [-0.05, 0) is 0 Å². The highest BCUT2D eigenvalue weighted by Crippen LogP contribution is 1.98. The third-order valence-electron chi connectivity index (χ3n) is 0. The molecule has 4 nitrogen and oxygen atoms in total. The van der Waals surface area contributed by atoms with Gasteiger partial charge < -0.3 is 0 Å². The minimum absolute atomic E-state index is 0.925. The fourth-order valence-corrected chi connectivity index (χ4v) is 0. The quantitative estimate of drug-likeness (QED) is 0.598. The molecule has 0 aliphatic heterocycles. The zero-order chi connectivity index (χ0) is 9.00. The summed E-state index contributed by atoms with van der Waals surface area (Å²) in [5.74, 6) is 0. The van der Waals surface area contributed by atoms with E-state index in [1.54, 1.807) is 0 Å². The minimum atomic E-state index is -3.72. The number of hydrogen-bond donors (Lipinski definition) is 0. The molecule has 0 heterocycles. The van der Waals surface area contributed by atoms with Crippen LogP contribution in [0.3, 0.4) is 0 Å². The summed E-state index contributed by atoms with van der Waals surface area (Å²) in [6, 6.07) is 0. The molecule has 0 saturated heterocycles. The fraction of sp³-hybridized carbons (Fsp3) is 1.00. The molecule has 10 heavy (non-hydrogen) atoms. The largest absolute Gasteiger partial charge is 0.317 e. The van der Waals surface area contributed by atoms with Crippen molar-refractivity contribution in [1.82, 2.24) is 0 Å². The van der Waals surface area contributed by atoms with Crippen LogP contribution in [0.5, 0.6) is 0 Å². The van der Waals surface area contributed by atoms with Crippen LogP contribution in [0, 0.1) is 0 Å². The molecular formula is CH3Cl3O4S2. The standard InChI is InChI=1S/CH3ClO2S.Cl2O2S/c2*1-5(2,3)4/h1H3;. The predicted octanol–water partition coefficient (Wildman–Crippen LogP) is 0.894. The number of hydrogen-bond acceptors (Lipinski definition) is 4. The highest BCUT2D eigenvalue weighted by molar-refractivity contribution is 8.31. The smallest absolute Gasteiger partial charge is 0.213 e. The molecule has 0 aromatic rings. The molecule has 0 aliphatic carbocycles. The first kappa shape index (κ1) is 13.4. The Morgan fingerprint density at radius 1 is 0.900 bits per heavy atom. The minimum Gasteiger partial charge on any atom is -0.213 e. The van der Waals surface area contributed by atoms with E-state index in [0.29, 0.717) is 0 Å². The SMILES string of the molecule is CS(=O)(=O)Cl.O=S(=O)(Cl)Cl. The van der Waals surface area contributed by atoms with Gasteiger partial charge in [0, 0.05) is 32.0 Å². The van der Waals surface area contributed by atoms with E-state index >= 15 is 0 Å².